The molecule has 1 aromatic heterocycles. The van der Waals surface area contributed by atoms with Crippen LogP contribution in [0.1, 0.15) is 18.4 Å². The number of hydrogen-bond acceptors (Lipinski definition) is 4. The van der Waals surface area contributed by atoms with E-state index < -0.39 is 0 Å². The van der Waals surface area contributed by atoms with Crippen LogP contribution in [-0.2, 0) is 6.42 Å². The fourth-order valence-electron chi connectivity index (χ4n) is 2.49. The van der Waals surface area contributed by atoms with Crippen molar-refractivity contribution in [3.05, 3.63) is 24.0 Å². The Morgan fingerprint density at radius 3 is 3.12 bits per heavy atom. The predicted molar refractivity (Wildman–Crippen MR) is 66.2 cm³/mol. The average molecular weight is 236 g/mol. The van der Waals surface area contributed by atoms with Crippen LogP contribution in [-0.4, -0.2) is 47.8 Å². The summed E-state index contributed by atoms with van der Waals surface area (Å²) in [5.74, 6) is 0.853. The third-order valence-electron chi connectivity index (χ3n) is 3.53. The number of aliphatic hydroxyl groups excluding tert-OH is 1. The van der Waals surface area contributed by atoms with E-state index in [4.69, 9.17) is 4.74 Å². The third kappa shape index (κ3) is 2.76. The minimum absolute atomic E-state index is 0.168. The van der Waals surface area contributed by atoms with Crippen molar-refractivity contribution in [3.63, 3.8) is 0 Å². The zero-order valence-electron chi connectivity index (χ0n) is 10.5. The number of methoxy groups -OCH3 is 1. The predicted octanol–water partition coefficient (Wildman–Crippen LogP) is 1.09. The molecule has 2 heterocycles. The number of likely N-dealkylation sites (N-methyl/N-ethyl adjacent to an activating group) is 1. The largest absolute Gasteiger partial charge is 0.496 e. The van der Waals surface area contributed by atoms with Gasteiger partial charge >= 0.3 is 0 Å². The van der Waals surface area contributed by atoms with Gasteiger partial charge in [-0.1, -0.05) is 0 Å². The van der Waals surface area contributed by atoms with Crippen LogP contribution in [0.15, 0.2) is 18.5 Å². The lowest BCUT2D eigenvalue weighted by Crippen LogP contribution is -2.47. The molecule has 0 spiro atoms. The van der Waals surface area contributed by atoms with Crippen molar-refractivity contribution in [1.29, 1.82) is 0 Å². The second kappa shape index (κ2) is 5.47. The lowest BCUT2D eigenvalue weighted by atomic mass is 9.94. The van der Waals surface area contributed by atoms with E-state index in [0.29, 0.717) is 0 Å². The second-order valence-electron chi connectivity index (χ2n) is 4.65. The highest BCUT2D eigenvalue weighted by atomic mass is 16.5. The molecule has 1 fully saturated rings. The summed E-state index contributed by atoms with van der Waals surface area (Å²) < 4.78 is 5.32. The van der Waals surface area contributed by atoms with E-state index >= 15 is 0 Å². The molecule has 1 N–H and O–H groups in total. The Labute approximate surface area is 102 Å². The number of aromatic nitrogens is 1. The van der Waals surface area contributed by atoms with Crippen molar-refractivity contribution in [2.75, 3.05) is 20.7 Å². The summed E-state index contributed by atoms with van der Waals surface area (Å²) in [5.41, 5.74) is 1.06. The van der Waals surface area contributed by atoms with Gasteiger partial charge < -0.3 is 14.7 Å². The number of hydrogen-bond donors (Lipinski definition) is 1. The minimum Gasteiger partial charge on any atom is -0.496 e. The Hall–Kier alpha value is -1.13. The van der Waals surface area contributed by atoms with Crippen molar-refractivity contribution < 1.29 is 9.84 Å². The van der Waals surface area contributed by atoms with Gasteiger partial charge in [-0.3, -0.25) is 4.98 Å². The molecule has 17 heavy (non-hydrogen) atoms. The normalized spacial score (nSPS) is 25.8. The van der Waals surface area contributed by atoms with E-state index in [0.717, 1.165) is 37.1 Å². The zero-order valence-corrected chi connectivity index (χ0v) is 10.5. The van der Waals surface area contributed by atoms with Gasteiger partial charge in [-0.05, 0) is 38.9 Å². The quantitative estimate of drug-likeness (QED) is 0.853. The first-order chi connectivity index (χ1) is 8.22. The van der Waals surface area contributed by atoms with Crippen molar-refractivity contribution in [3.8, 4) is 5.75 Å². The van der Waals surface area contributed by atoms with E-state index in [9.17, 15) is 5.11 Å². The Morgan fingerprint density at radius 2 is 2.41 bits per heavy atom. The van der Waals surface area contributed by atoms with Gasteiger partial charge in [0.2, 0.25) is 0 Å². The van der Waals surface area contributed by atoms with Crippen LogP contribution in [0.25, 0.3) is 0 Å². The molecule has 1 aromatic rings. The van der Waals surface area contributed by atoms with Gasteiger partial charge in [0.05, 0.1) is 13.2 Å². The Bertz CT molecular complexity index is 360. The molecular formula is C13H20N2O2. The molecule has 94 valence electrons. The van der Waals surface area contributed by atoms with Crippen LogP contribution in [0, 0.1) is 0 Å². The SMILES string of the molecule is COc1ccncc1CC1C(O)CCCN1C. The summed E-state index contributed by atoms with van der Waals surface area (Å²) in [6.45, 7) is 1.05. The van der Waals surface area contributed by atoms with E-state index in [1.165, 1.54) is 0 Å². The molecule has 0 bridgehead atoms. The van der Waals surface area contributed by atoms with Crippen molar-refractivity contribution in [2.24, 2.45) is 0 Å². The van der Waals surface area contributed by atoms with Gasteiger partial charge in [-0.15, -0.1) is 0 Å². The Morgan fingerprint density at radius 1 is 1.59 bits per heavy atom. The highest BCUT2D eigenvalue weighted by Crippen LogP contribution is 2.24. The van der Waals surface area contributed by atoms with Gasteiger partial charge in [0.25, 0.3) is 0 Å². The fraction of sp³-hybridized carbons (Fsp3) is 0.615. The van der Waals surface area contributed by atoms with Crippen molar-refractivity contribution >= 4 is 0 Å². The molecule has 1 aliphatic rings. The van der Waals surface area contributed by atoms with E-state index in [2.05, 4.69) is 16.9 Å². The summed E-state index contributed by atoms with van der Waals surface area (Å²) in [5, 5.41) is 10.1. The van der Waals surface area contributed by atoms with E-state index in [1.807, 2.05) is 12.3 Å². The first-order valence-corrected chi connectivity index (χ1v) is 6.07. The van der Waals surface area contributed by atoms with Crippen LogP contribution in [0.3, 0.4) is 0 Å². The lowest BCUT2D eigenvalue weighted by molar-refractivity contribution is 0.0250. The van der Waals surface area contributed by atoms with Crippen LogP contribution in [0.5, 0.6) is 5.75 Å². The third-order valence-corrected chi connectivity index (χ3v) is 3.53. The average Bonchev–Trinajstić information content (AvgIpc) is 2.34. The van der Waals surface area contributed by atoms with Gasteiger partial charge in [0.1, 0.15) is 5.75 Å². The molecule has 2 rings (SSSR count). The molecule has 0 saturated carbocycles. The molecule has 1 saturated heterocycles. The molecule has 0 aromatic carbocycles. The second-order valence-corrected chi connectivity index (χ2v) is 4.65. The minimum atomic E-state index is -0.251. The van der Waals surface area contributed by atoms with Gasteiger partial charge in [0.15, 0.2) is 0 Å². The van der Waals surface area contributed by atoms with Crippen LogP contribution in [0.4, 0.5) is 0 Å². The molecule has 4 heteroatoms. The van der Waals surface area contributed by atoms with Crippen LogP contribution >= 0.6 is 0 Å². The molecule has 0 aliphatic carbocycles. The number of piperidine rings is 1. The maximum atomic E-state index is 10.1. The summed E-state index contributed by atoms with van der Waals surface area (Å²) in [6.07, 6.45) is 6.04. The van der Waals surface area contributed by atoms with Gasteiger partial charge in [-0.2, -0.15) is 0 Å². The summed E-state index contributed by atoms with van der Waals surface area (Å²) in [4.78, 5) is 6.35. The summed E-state index contributed by atoms with van der Waals surface area (Å²) in [6, 6.07) is 2.03. The molecule has 2 unspecified atom stereocenters. The molecular weight excluding hydrogens is 216 g/mol. The van der Waals surface area contributed by atoms with Crippen LogP contribution < -0.4 is 4.74 Å². The Kier molecular flexibility index (Phi) is 3.97. The molecule has 1 aliphatic heterocycles. The van der Waals surface area contributed by atoms with E-state index in [-0.39, 0.29) is 12.1 Å². The monoisotopic (exact) mass is 236 g/mol. The lowest BCUT2D eigenvalue weighted by Gasteiger charge is -2.36. The van der Waals surface area contributed by atoms with Crippen LogP contribution in [0.2, 0.25) is 0 Å². The first kappa shape index (κ1) is 12.3. The highest BCUT2D eigenvalue weighted by molar-refractivity contribution is 5.31. The zero-order chi connectivity index (χ0) is 12.3. The number of aliphatic hydroxyl groups is 1. The van der Waals surface area contributed by atoms with Crippen molar-refractivity contribution in [1.82, 2.24) is 9.88 Å². The number of nitrogens with zero attached hydrogens (tertiary/aromatic N) is 2. The topological polar surface area (TPSA) is 45.6 Å². The molecule has 2 atom stereocenters. The van der Waals surface area contributed by atoms with E-state index in [1.54, 1.807) is 13.3 Å². The number of likely N-dealkylation sites (tertiary alicyclic amines) is 1. The van der Waals surface area contributed by atoms with Crippen molar-refractivity contribution in [2.45, 2.75) is 31.4 Å². The maximum Gasteiger partial charge on any atom is 0.125 e. The summed E-state index contributed by atoms with van der Waals surface area (Å²) >= 11 is 0. The van der Waals surface area contributed by atoms with Gasteiger partial charge in [-0.25, -0.2) is 0 Å². The molecule has 4 nitrogen and oxygen atoms in total. The molecule has 0 radical (unpaired) electrons. The standard InChI is InChI=1S/C13H20N2O2/c1-15-7-3-4-12(16)11(15)8-10-9-14-6-5-13(10)17-2/h5-6,9,11-12,16H,3-4,7-8H2,1-2H3. The first-order valence-electron chi connectivity index (χ1n) is 6.07. The highest BCUT2D eigenvalue weighted by Gasteiger charge is 2.28. The maximum absolute atomic E-state index is 10.1. The van der Waals surface area contributed by atoms with Gasteiger partial charge in [0, 0.05) is 24.0 Å². The smallest absolute Gasteiger partial charge is 0.125 e. The fourth-order valence-corrected chi connectivity index (χ4v) is 2.49. The molecule has 0 amide bonds. The summed E-state index contributed by atoms with van der Waals surface area (Å²) in [7, 11) is 3.73. The number of ether oxygens (including phenoxy) is 1. The Balaban J connectivity index is 2.13. The number of pyridine rings is 1. The number of rotatable bonds is 3.